The van der Waals surface area contributed by atoms with Crippen LogP contribution in [0.5, 0.6) is 0 Å². The minimum absolute atomic E-state index is 0.169. The molecule has 0 aliphatic carbocycles. The molecule has 1 atom stereocenters. The SMILES string of the molecule is Cc1cc(SC(C)C(=O)Nc2ccc(S(=O)(=O)N3CCCC3)cc2)nc(C(C)C)n1. The molecule has 1 aromatic carbocycles. The number of thioether (sulfide) groups is 1. The molecular formula is C21H28N4O3S2. The topological polar surface area (TPSA) is 92.3 Å². The molecule has 1 unspecified atom stereocenters. The second kappa shape index (κ2) is 9.45. The first kappa shape index (κ1) is 22.7. The molecule has 2 heterocycles. The first-order chi connectivity index (χ1) is 14.2. The number of rotatable bonds is 7. The van der Waals surface area contributed by atoms with Crippen molar-refractivity contribution < 1.29 is 13.2 Å². The van der Waals surface area contributed by atoms with Crippen LogP contribution in [0.25, 0.3) is 0 Å². The normalized spacial score (nSPS) is 16.0. The van der Waals surface area contributed by atoms with Gasteiger partial charge in [0.2, 0.25) is 15.9 Å². The maximum Gasteiger partial charge on any atom is 0.243 e. The van der Waals surface area contributed by atoms with Crippen LogP contribution in [-0.2, 0) is 14.8 Å². The lowest BCUT2D eigenvalue weighted by atomic mass is 10.2. The maximum atomic E-state index is 12.6. The average Bonchev–Trinajstić information content (AvgIpc) is 3.23. The molecule has 1 aliphatic rings. The van der Waals surface area contributed by atoms with Gasteiger partial charge in [0.15, 0.2) is 0 Å². The van der Waals surface area contributed by atoms with E-state index in [2.05, 4.69) is 15.3 Å². The van der Waals surface area contributed by atoms with Crippen LogP contribution in [0.2, 0.25) is 0 Å². The van der Waals surface area contributed by atoms with E-state index >= 15 is 0 Å². The van der Waals surface area contributed by atoms with Crippen molar-refractivity contribution in [2.75, 3.05) is 18.4 Å². The zero-order valence-electron chi connectivity index (χ0n) is 17.8. The van der Waals surface area contributed by atoms with Gasteiger partial charge in [0.25, 0.3) is 0 Å². The second-order valence-corrected chi connectivity index (χ2v) is 11.0. The highest BCUT2D eigenvalue weighted by molar-refractivity contribution is 8.00. The number of anilines is 1. The Labute approximate surface area is 182 Å². The molecule has 0 bridgehead atoms. The number of hydrogen-bond acceptors (Lipinski definition) is 6. The Balaban J connectivity index is 1.64. The Morgan fingerprint density at radius 2 is 1.73 bits per heavy atom. The fraction of sp³-hybridized carbons (Fsp3) is 0.476. The number of aromatic nitrogens is 2. The Morgan fingerprint density at radius 3 is 2.33 bits per heavy atom. The molecule has 1 N–H and O–H groups in total. The molecule has 9 heteroatoms. The van der Waals surface area contributed by atoms with Crippen molar-refractivity contribution in [1.29, 1.82) is 0 Å². The van der Waals surface area contributed by atoms with E-state index in [1.165, 1.54) is 16.1 Å². The van der Waals surface area contributed by atoms with Crippen LogP contribution in [0.15, 0.2) is 40.3 Å². The standard InChI is InChI=1S/C21H28N4O3S2/c1-14(2)20-22-15(3)13-19(24-20)29-16(4)21(26)23-17-7-9-18(10-8-17)30(27,28)25-11-5-6-12-25/h7-10,13-14,16H,5-6,11-12H2,1-4H3,(H,23,26). The number of aryl methyl sites for hydroxylation is 1. The van der Waals surface area contributed by atoms with Crippen molar-refractivity contribution in [2.24, 2.45) is 0 Å². The Morgan fingerprint density at radius 1 is 1.10 bits per heavy atom. The summed E-state index contributed by atoms with van der Waals surface area (Å²) in [7, 11) is -3.45. The summed E-state index contributed by atoms with van der Waals surface area (Å²) in [6.45, 7) is 8.94. The smallest absolute Gasteiger partial charge is 0.243 e. The number of nitrogens with one attached hydrogen (secondary N) is 1. The molecule has 1 fully saturated rings. The molecule has 0 spiro atoms. The lowest BCUT2D eigenvalue weighted by Gasteiger charge is -2.16. The molecule has 1 aromatic heterocycles. The van der Waals surface area contributed by atoms with Crippen LogP contribution in [0.1, 0.15) is 51.0 Å². The predicted octanol–water partition coefficient (Wildman–Crippen LogP) is 3.81. The quantitative estimate of drug-likeness (QED) is 0.511. The molecular weight excluding hydrogens is 420 g/mol. The van der Waals surface area contributed by atoms with Crippen molar-refractivity contribution in [3.05, 3.63) is 41.9 Å². The first-order valence-corrected chi connectivity index (χ1v) is 12.4. The average molecular weight is 449 g/mol. The van der Waals surface area contributed by atoms with Gasteiger partial charge < -0.3 is 5.32 Å². The van der Waals surface area contributed by atoms with Crippen LogP contribution in [-0.4, -0.2) is 46.9 Å². The molecule has 0 radical (unpaired) electrons. The van der Waals surface area contributed by atoms with Crippen LogP contribution in [0.4, 0.5) is 5.69 Å². The van der Waals surface area contributed by atoms with Gasteiger partial charge in [-0.3, -0.25) is 4.79 Å². The number of carbonyl (C=O) groups excluding carboxylic acids is 1. The molecule has 7 nitrogen and oxygen atoms in total. The highest BCUT2D eigenvalue weighted by atomic mass is 32.2. The minimum atomic E-state index is -3.45. The molecule has 2 aromatic rings. The van der Waals surface area contributed by atoms with Crippen LogP contribution >= 0.6 is 11.8 Å². The third-order valence-corrected chi connectivity index (χ3v) is 7.79. The fourth-order valence-electron chi connectivity index (χ4n) is 3.15. The van der Waals surface area contributed by atoms with E-state index in [9.17, 15) is 13.2 Å². The van der Waals surface area contributed by atoms with E-state index in [4.69, 9.17) is 0 Å². The zero-order chi connectivity index (χ0) is 21.9. The van der Waals surface area contributed by atoms with Crippen molar-refractivity contribution in [2.45, 2.75) is 61.6 Å². The van der Waals surface area contributed by atoms with E-state index in [1.54, 1.807) is 24.3 Å². The van der Waals surface area contributed by atoms with Crippen LogP contribution < -0.4 is 5.32 Å². The second-order valence-electron chi connectivity index (χ2n) is 7.75. The number of sulfonamides is 1. The van der Waals surface area contributed by atoms with Gasteiger partial charge >= 0.3 is 0 Å². The third-order valence-electron chi connectivity index (χ3n) is 4.86. The van der Waals surface area contributed by atoms with Gasteiger partial charge in [-0.1, -0.05) is 25.6 Å². The van der Waals surface area contributed by atoms with Gasteiger partial charge in [0, 0.05) is 30.4 Å². The minimum Gasteiger partial charge on any atom is -0.325 e. The summed E-state index contributed by atoms with van der Waals surface area (Å²) >= 11 is 1.38. The molecule has 30 heavy (non-hydrogen) atoms. The summed E-state index contributed by atoms with van der Waals surface area (Å²) in [6.07, 6.45) is 1.79. The van der Waals surface area contributed by atoms with E-state index < -0.39 is 10.0 Å². The Kier molecular flexibility index (Phi) is 7.15. The maximum absolute atomic E-state index is 12.6. The highest BCUT2D eigenvalue weighted by Gasteiger charge is 2.27. The number of hydrogen-bond donors (Lipinski definition) is 1. The number of benzene rings is 1. The van der Waals surface area contributed by atoms with E-state index in [1.807, 2.05) is 33.8 Å². The lowest BCUT2D eigenvalue weighted by molar-refractivity contribution is -0.115. The van der Waals surface area contributed by atoms with E-state index in [-0.39, 0.29) is 22.0 Å². The fourth-order valence-corrected chi connectivity index (χ4v) is 5.58. The van der Waals surface area contributed by atoms with Crippen molar-refractivity contribution >= 4 is 33.4 Å². The molecule has 1 amide bonds. The van der Waals surface area contributed by atoms with Gasteiger partial charge in [0.1, 0.15) is 10.9 Å². The molecule has 3 rings (SSSR count). The van der Waals surface area contributed by atoms with Gasteiger partial charge in [0.05, 0.1) is 10.1 Å². The number of amides is 1. The third kappa shape index (κ3) is 5.39. The van der Waals surface area contributed by atoms with Crippen LogP contribution in [0.3, 0.4) is 0 Å². The summed E-state index contributed by atoms with van der Waals surface area (Å²) in [5, 5.41) is 3.25. The molecule has 1 saturated heterocycles. The lowest BCUT2D eigenvalue weighted by Crippen LogP contribution is -2.27. The summed E-state index contributed by atoms with van der Waals surface area (Å²) in [4.78, 5) is 21.8. The van der Waals surface area contributed by atoms with Crippen molar-refractivity contribution in [3.8, 4) is 0 Å². The summed E-state index contributed by atoms with van der Waals surface area (Å²) in [6, 6.07) is 8.22. The Hall–Kier alpha value is -1.97. The van der Waals surface area contributed by atoms with Gasteiger partial charge in [-0.2, -0.15) is 4.31 Å². The highest BCUT2D eigenvalue weighted by Crippen LogP contribution is 2.26. The van der Waals surface area contributed by atoms with Gasteiger partial charge in [-0.25, -0.2) is 18.4 Å². The zero-order valence-corrected chi connectivity index (χ0v) is 19.4. The predicted molar refractivity (Wildman–Crippen MR) is 119 cm³/mol. The van der Waals surface area contributed by atoms with Gasteiger partial charge in [-0.15, -0.1) is 0 Å². The first-order valence-electron chi connectivity index (χ1n) is 10.1. The van der Waals surface area contributed by atoms with E-state index in [0.717, 1.165) is 29.4 Å². The molecule has 1 aliphatic heterocycles. The monoisotopic (exact) mass is 448 g/mol. The van der Waals surface area contributed by atoms with Crippen molar-refractivity contribution in [3.63, 3.8) is 0 Å². The molecule has 0 saturated carbocycles. The Bertz CT molecular complexity index is 1000. The summed E-state index contributed by atoms with van der Waals surface area (Å²) in [5.41, 5.74) is 1.44. The van der Waals surface area contributed by atoms with E-state index in [0.29, 0.717) is 18.8 Å². The number of carbonyl (C=O) groups is 1. The van der Waals surface area contributed by atoms with Crippen molar-refractivity contribution in [1.82, 2.24) is 14.3 Å². The summed E-state index contributed by atoms with van der Waals surface area (Å²) < 4.78 is 26.7. The van der Waals surface area contributed by atoms with Gasteiger partial charge in [-0.05, 0) is 57.0 Å². The summed E-state index contributed by atoms with van der Waals surface area (Å²) in [5.74, 6) is 0.807. The molecule has 162 valence electrons. The van der Waals surface area contributed by atoms with Crippen LogP contribution in [0, 0.1) is 6.92 Å². The number of nitrogens with zero attached hydrogens (tertiary/aromatic N) is 3. The largest absolute Gasteiger partial charge is 0.325 e.